The maximum atomic E-state index is 13.6. The minimum atomic E-state index is -4.09. The number of halogens is 2. The standard InChI is InChI=1S/C25H25BrClN3O4S/c1-18(25(32)28-2)29(16-19-8-6-10-21(27)14-19)24(31)17-30(22-11-7-9-20(26)15-22)35(33,34)23-12-4-3-5-13-23/h3-15,18H,16-17H2,1-2H3,(H,28,32). The summed E-state index contributed by atoms with van der Waals surface area (Å²) in [7, 11) is -2.61. The molecule has 35 heavy (non-hydrogen) atoms. The van der Waals surface area contributed by atoms with Crippen molar-refractivity contribution in [2.45, 2.75) is 24.4 Å². The van der Waals surface area contributed by atoms with E-state index in [4.69, 9.17) is 11.6 Å². The van der Waals surface area contributed by atoms with Gasteiger partial charge in [0, 0.05) is 23.1 Å². The molecule has 1 unspecified atom stereocenters. The fraction of sp³-hybridized carbons (Fsp3) is 0.200. The minimum absolute atomic E-state index is 0.0496. The average molecular weight is 579 g/mol. The van der Waals surface area contributed by atoms with Gasteiger partial charge in [-0.15, -0.1) is 0 Å². The molecule has 3 aromatic carbocycles. The largest absolute Gasteiger partial charge is 0.357 e. The van der Waals surface area contributed by atoms with E-state index >= 15 is 0 Å². The van der Waals surface area contributed by atoms with Gasteiger partial charge >= 0.3 is 0 Å². The zero-order valence-corrected chi connectivity index (χ0v) is 22.3. The van der Waals surface area contributed by atoms with E-state index in [1.807, 2.05) is 0 Å². The lowest BCUT2D eigenvalue weighted by atomic mass is 10.1. The Hall–Kier alpha value is -2.88. The van der Waals surface area contributed by atoms with Crippen LogP contribution in [-0.4, -0.2) is 44.8 Å². The molecular weight excluding hydrogens is 554 g/mol. The zero-order valence-electron chi connectivity index (χ0n) is 19.2. The third-order valence-electron chi connectivity index (χ3n) is 5.36. The summed E-state index contributed by atoms with van der Waals surface area (Å²) >= 11 is 9.48. The van der Waals surface area contributed by atoms with Crippen LogP contribution in [0.25, 0.3) is 0 Å². The van der Waals surface area contributed by atoms with Gasteiger partial charge in [-0.2, -0.15) is 0 Å². The predicted molar refractivity (Wildman–Crippen MR) is 141 cm³/mol. The molecule has 0 heterocycles. The highest BCUT2D eigenvalue weighted by molar-refractivity contribution is 9.10. The second kappa shape index (κ2) is 11.7. The van der Waals surface area contributed by atoms with Crippen LogP contribution < -0.4 is 9.62 Å². The van der Waals surface area contributed by atoms with Crippen LogP contribution in [0.4, 0.5) is 5.69 Å². The summed E-state index contributed by atoms with van der Waals surface area (Å²) in [6, 6.07) is 20.7. The van der Waals surface area contributed by atoms with Crippen LogP contribution in [0.3, 0.4) is 0 Å². The summed E-state index contributed by atoms with van der Waals surface area (Å²) in [5, 5.41) is 3.04. The van der Waals surface area contributed by atoms with E-state index in [2.05, 4.69) is 21.2 Å². The molecule has 10 heteroatoms. The van der Waals surface area contributed by atoms with Crippen LogP contribution in [0, 0.1) is 0 Å². The third-order valence-corrected chi connectivity index (χ3v) is 7.88. The first-order valence-electron chi connectivity index (χ1n) is 10.7. The Labute approximate surface area is 218 Å². The van der Waals surface area contributed by atoms with Crippen LogP contribution >= 0.6 is 27.5 Å². The number of sulfonamides is 1. The smallest absolute Gasteiger partial charge is 0.264 e. The van der Waals surface area contributed by atoms with E-state index in [0.29, 0.717) is 20.7 Å². The van der Waals surface area contributed by atoms with Gasteiger partial charge in [0.1, 0.15) is 12.6 Å². The summed E-state index contributed by atoms with van der Waals surface area (Å²) in [4.78, 5) is 27.5. The van der Waals surface area contributed by atoms with Gasteiger partial charge in [-0.25, -0.2) is 8.42 Å². The van der Waals surface area contributed by atoms with E-state index in [-0.39, 0.29) is 17.3 Å². The summed E-state index contributed by atoms with van der Waals surface area (Å²) in [6.07, 6.45) is 0. The van der Waals surface area contributed by atoms with Crippen LogP contribution in [0.15, 0.2) is 88.2 Å². The molecule has 0 saturated carbocycles. The van der Waals surface area contributed by atoms with Crippen LogP contribution in [-0.2, 0) is 26.2 Å². The number of carbonyl (C=O) groups excluding carboxylic acids is 2. The molecule has 0 aliphatic heterocycles. The van der Waals surface area contributed by atoms with E-state index in [1.165, 1.54) is 24.1 Å². The molecule has 0 fully saturated rings. The molecule has 1 N–H and O–H groups in total. The second-order valence-corrected chi connectivity index (χ2v) is 11.0. The highest BCUT2D eigenvalue weighted by atomic mass is 79.9. The first-order chi connectivity index (χ1) is 16.6. The minimum Gasteiger partial charge on any atom is -0.357 e. The zero-order chi connectivity index (χ0) is 25.6. The lowest BCUT2D eigenvalue weighted by molar-refractivity contribution is -0.139. The highest BCUT2D eigenvalue weighted by Crippen LogP contribution is 2.27. The van der Waals surface area contributed by atoms with Crippen molar-refractivity contribution in [3.05, 3.63) is 93.9 Å². The number of benzene rings is 3. The summed E-state index contributed by atoms with van der Waals surface area (Å²) in [6.45, 7) is 1.16. The van der Waals surface area contributed by atoms with Gasteiger partial charge in [0.25, 0.3) is 10.0 Å². The number of anilines is 1. The van der Waals surface area contributed by atoms with Crippen molar-refractivity contribution in [1.29, 1.82) is 0 Å². The number of nitrogens with one attached hydrogen (secondary N) is 1. The molecule has 2 amide bonds. The fourth-order valence-corrected chi connectivity index (χ4v) is 5.53. The Morgan fingerprint density at radius 2 is 1.69 bits per heavy atom. The van der Waals surface area contributed by atoms with Crippen molar-refractivity contribution in [1.82, 2.24) is 10.2 Å². The van der Waals surface area contributed by atoms with E-state index < -0.39 is 28.5 Å². The fourth-order valence-electron chi connectivity index (χ4n) is 3.50. The normalized spacial score (nSPS) is 12.0. The molecule has 1 atom stereocenters. The molecule has 7 nitrogen and oxygen atoms in total. The van der Waals surface area contributed by atoms with Gasteiger partial charge in [-0.3, -0.25) is 13.9 Å². The van der Waals surface area contributed by atoms with Gasteiger partial charge in [-0.05, 0) is 55.0 Å². The van der Waals surface area contributed by atoms with Gasteiger partial charge < -0.3 is 10.2 Å². The van der Waals surface area contributed by atoms with Gasteiger partial charge in [0.05, 0.1) is 10.6 Å². The first-order valence-corrected chi connectivity index (χ1v) is 13.3. The Morgan fingerprint density at radius 3 is 2.31 bits per heavy atom. The Balaban J connectivity index is 2.02. The number of rotatable bonds is 9. The topological polar surface area (TPSA) is 86.8 Å². The van der Waals surface area contributed by atoms with Crippen LogP contribution in [0.5, 0.6) is 0 Å². The quantitative estimate of drug-likeness (QED) is 0.406. The number of hydrogen-bond donors (Lipinski definition) is 1. The van der Waals surface area contributed by atoms with E-state index in [9.17, 15) is 18.0 Å². The van der Waals surface area contributed by atoms with Gasteiger partial charge in [-0.1, -0.05) is 63.9 Å². The SMILES string of the molecule is CNC(=O)C(C)N(Cc1cccc(Cl)c1)C(=O)CN(c1cccc(Br)c1)S(=O)(=O)c1ccccc1. The maximum Gasteiger partial charge on any atom is 0.264 e. The molecule has 3 rings (SSSR count). The van der Waals surface area contributed by atoms with Crippen LogP contribution in [0.2, 0.25) is 5.02 Å². The molecular formula is C25H25BrClN3O4S. The van der Waals surface area contributed by atoms with E-state index in [1.54, 1.807) is 73.7 Å². The van der Waals surface area contributed by atoms with Gasteiger partial charge in [0.15, 0.2) is 0 Å². The van der Waals surface area contributed by atoms with Crippen LogP contribution in [0.1, 0.15) is 12.5 Å². The molecule has 0 spiro atoms. The van der Waals surface area contributed by atoms with Crippen molar-refractivity contribution in [3.8, 4) is 0 Å². The average Bonchev–Trinajstić information content (AvgIpc) is 2.85. The molecule has 0 radical (unpaired) electrons. The number of nitrogens with zero attached hydrogens (tertiary/aromatic N) is 2. The molecule has 184 valence electrons. The lowest BCUT2D eigenvalue weighted by Crippen LogP contribution is -2.50. The van der Waals surface area contributed by atoms with Crippen molar-refractivity contribution in [2.24, 2.45) is 0 Å². The summed E-state index contributed by atoms with van der Waals surface area (Å²) < 4.78 is 28.9. The predicted octanol–water partition coefficient (Wildman–Crippen LogP) is 4.46. The van der Waals surface area contributed by atoms with Crippen molar-refractivity contribution >= 4 is 55.1 Å². The first kappa shape index (κ1) is 26.7. The number of amides is 2. The Morgan fingerprint density at radius 1 is 1.00 bits per heavy atom. The molecule has 0 bridgehead atoms. The van der Waals surface area contributed by atoms with Crippen molar-refractivity contribution < 1.29 is 18.0 Å². The number of likely N-dealkylation sites (N-methyl/N-ethyl adjacent to an activating group) is 1. The monoisotopic (exact) mass is 577 g/mol. The summed E-state index contributed by atoms with van der Waals surface area (Å²) in [5.41, 5.74) is 1.02. The molecule has 0 aliphatic carbocycles. The highest BCUT2D eigenvalue weighted by Gasteiger charge is 2.32. The molecule has 3 aromatic rings. The van der Waals surface area contributed by atoms with Crippen molar-refractivity contribution in [3.63, 3.8) is 0 Å². The number of hydrogen-bond acceptors (Lipinski definition) is 4. The van der Waals surface area contributed by atoms with E-state index in [0.717, 1.165) is 4.31 Å². The Kier molecular flexibility index (Phi) is 8.93. The lowest BCUT2D eigenvalue weighted by Gasteiger charge is -2.31. The van der Waals surface area contributed by atoms with Crippen molar-refractivity contribution in [2.75, 3.05) is 17.9 Å². The number of carbonyl (C=O) groups is 2. The maximum absolute atomic E-state index is 13.6. The second-order valence-electron chi connectivity index (χ2n) is 7.75. The molecule has 0 saturated heterocycles. The third kappa shape index (κ3) is 6.62. The molecule has 0 aromatic heterocycles. The Bertz CT molecular complexity index is 1300. The molecule has 0 aliphatic rings. The van der Waals surface area contributed by atoms with Gasteiger partial charge in [0.2, 0.25) is 11.8 Å². The summed E-state index contributed by atoms with van der Waals surface area (Å²) in [5.74, 6) is -0.916.